The molecule has 0 radical (unpaired) electrons. The number of nitro groups is 1. The Morgan fingerprint density at radius 3 is 2.20 bits per heavy atom. The summed E-state index contributed by atoms with van der Waals surface area (Å²) in [6.07, 6.45) is 11.0. The Morgan fingerprint density at radius 2 is 1.72 bits per heavy atom. The minimum Gasteiger partial charge on any atom is -0.478 e. The molecule has 2 heterocycles. The summed E-state index contributed by atoms with van der Waals surface area (Å²) in [6, 6.07) is 18.8. The fourth-order valence-corrected chi connectivity index (χ4v) is 5.29. The summed E-state index contributed by atoms with van der Waals surface area (Å²) < 4.78 is 4.57. The number of rotatable bonds is 10. The van der Waals surface area contributed by atoms with E-state index in [1.54, 1.807) is 32.0 Å². The summed E-state index contributed by atoms with van der Waals surface area (Å²) in [5, 5.41) is 21.8. The van der Waals surface area contributed by atoms with Crippen LogP contribution < -0.4 is 5.32 Å². The van der Waals surface area contributed by atoms with E-state index < -0.39 is 16.9 Å². The van der Waals surface area contributed by atoms with Crippen LogP contribution in [0.1, 0.15) is 58.4 Å². The lowest BCUT2D eigenvalue weighted by atomic mass is 9.87. The maximum atomic E-state index is 11.3. The molecule has 246 valence electrons. The van der Waals surface area contributed by atoms with Gasteiger partial charge in [-0.1, -0.05) is 86.3 Å². The number of allylic oxidation sites excluding steroid dienone is 7. The van der Waals surface area contributed by atoms with Crippen molar-refractivity contribution in [3.8, 4) is 0 Å². The Balaban J connectivity index is 0.000000264. The van der Waals surface area contributed by atoms with Crippen LogP contribution in [0.5, 0.6) is 0 Å². The first-order valence-corrected chi connectivity index (χ1v) is 15.4. The topological polar surface area (TPSA) is 122 Å². The van der Waals surface area contributed by atoms with E-state index in [0.717, 1.165) is 12.3 Å². The van der Waals surface area contributed by atoms with Crippen molar-refractivity contribution in [2.75, 3.05) is 26.7 Å². The molecule has 4 rings (SSSR count). The molecule has 0 amide bonds. The zero-order valence-corrected chi connectivity index (χ0v) is 27.6. The molecule has 0 spiro atoms. The van der Waals surface area contributed by atoms with Gasteiger partial charge in [-0.3, -0.25) is 10.1 Å². The first kappa shape index (κ1) is 37.4. The highest BCUT2D eigenvalue weighted by atomic mass is 16.6. The van der Waals surface area contributed by atoms with Crippen LogP contribution in [-0.4, -0.2) is 53.6 Å². The number of benzene rings is 2. The van der Waals surface area contributed by atoms with Crippen LogP contribution in [0.3, 0.4) is 0 Å². The number of non-ortho nitro benzene ring substituents is 1. The molecule has 2 aliphatic rings. The average Bonchev–Trinajstić information content (AvgIpc) is 3.48. The number of para-hydroxylation sites is 1. The van der Waals surface area contributed by atoms with Crippen molar-refractivity contribution in [2.45, 2.75) is 52.9 Å². The van der Waals surface area contributed by atoms with Crippen molar-refractivity contribution < 1.29 is 24.4 Å². The first-order valence-electron chi connectivity index (χ1n) is 15.4. The normalized spacial score (nSPS) is 17.2. The molecule has 0 aromatic heterocycles. The fraction of sp³-hybridized carbons (Fsp3) is 0.351. The lowest BCUT2D eigenvalue weighted by molar-refractivity contribution is -0.384. The van der Waals surface area contributed by atoms with E-state index in [9.17, 15) is 19.7 Å². The molecule has 2 aromatic carbocycles. The summed E-state index contributed by atoms with van der Waals surface area (Å²) in [5.41, 5.74) is 4.61. The monoisotopic (exact) mass is 629 g/mol. The quantitative estimate of drug-likeness (QED) is 0.119. The first-order chi connectivity index (χ1) is 22.0. The average molecular weight is 630 g/mol. The van der Waals surface area contributed by atoms with Crippen molar-refractivity contribution in [3.63, 3.8) is 0 Å². The van der Waals surface area contributed by atoms with E-state index in [4.69, 9.17) is 5.11 Å². The van der Waals surface area contributed by atoms with Crippen LogP contribution in [0, 0.1) is 16.0 Å². The SMILES string of the molecule is C=C/C(=C\C=C/C)C(CCN1CCC(C)C1)c1ccccc1.COC(=O)C1=C(C)NC(C)=C(C(=O)O)C1.O=[N+]([O-])c1ccccc1. The van der Waals surface area contributed by atoms with Crippen LogP contribution in [0.4, 0.5) is 5.69 Å². The summed E-state index contributed by atoms with van der Waals surface area (Å²) in [4.78, 5) is 34.4. The molecule has 2 unspecified atom stereocenters. The van der Waals surface area contributed by atoms with Gasteiger partial charge in [-0.05, 0) is 63.8 Å². The number of carbonyl (C=O) groups excluding carboxylic acids is 1. The molecule has 0 saturated carbocycles. The van der Waals surface area contributed by atoms with Gasteiger partial charge in [0.15, 0.2) is 0 Å². The highest BCUT2D eigenvalue weighted by molar-refractivity contribution is 5.95. The molecule has 1 saturated heterocycles. The maximum Gasteiger partial charge on any atom is 0.335 e. The number of aliphatic carboxylic acids is 1. The molecule has 1 fully saturated rings. The second-order valence-electron chi connectivity index (χ2n) is 11.2. The van der Waals surface area contributed by atoms with Gasteiger partial charge in [0, 0.05) is 42.4 Å². The molecule has 9 heteroatoms. The van der Waals surface area contributed by atoms with Crippen LogP contribution in [0.25, 0.3) is 0 Å². The molecule has 2 N–H and O–H groups in total. The number of ether oxygens (including phenoxy) is 1. The number of nitrogens with zero attached hydrogens (tertiary/aromatic N) is 2. The summed E-state index contributed by atoms with van der Waals surface area (Å²) in [7, 11) is 1.27. The number of carboxylic acid groups (broad SMARTS) is 1. The van der Waals surface area contributed by atoms with Crippen LogP contribution in [-0.2, 0) is 14.3 Å². The Labute approximate surface area is 272 Å². The van der Waals surface area contributed by atoms with Gasteiger partial charge in [-0.15, -0.1) is 0 Å². The van der Waals surface area contributed by atoms with E-state index in [1.807, 2.05) is 6.08 Å². The number of hydrogen-bond donors (Lipinski definition) is 2. The van der Waals surface area contributed by atoms with E-state index in [2.05, 4.69) is 83.9 Å². The number of nitro benzene ring substituents is 1. The molecule has 0 bridgehead atoms. The van der Waals surface area contributed by atoms with E-state index >= 15 is 0 Å². The third kappa shape index (κ3) is 12.0. The standard InChI is InChI=1S/C21H29N.C10H13NO4.C6H5NO2/c1-4-6-10-19(5-2)21(20-11-8-7-9-12-20)14-16-22-15-13-18(3)17-22;1-5-7(9(12)13)4-8(6(2)11-5)10(14)15-3;8-7(9)6-4-2-1-3-5-6/h4-12,18,21H,2,13-17H2,1,3H3;11H,4H2,1-3H3,(H,12,13);1-5H/b6-4-,19-10+;;. The number of likely N-dealkylation sites (tertiary alicyclic amines) is 1. The Hall–Kier alpha value is -4.76. The van der Waals surface area contributed by atoms with Crippen molar-refractivity contribution in [1.82, 2.24) is 10.2 Å². The third-order valence-electron chi connectivity index (χ3n) is 7.85. The van der Waals surface area contributed by atoms with Gasteiger partial charge in [-0.25, -0.2) is 9.59 Å². The van der Waals surface area contributed by atoms with Gasteiger partial charge in [0.25, 0.3) is 5.69 Å². The van der Waals surface area contributed by atoms with Crippen molar-refractivity contribution in [3.05, 3.63) is 135 Å². The smallest absolute Gasteiger partial charge is 0.335 e. The lowest BCUT2D eigenvalue weighted by Gasteiger charge is -2.23. The summed E-state index contributed by atoms with van der Waals surface area (Å²) >= 11 is 0. The van der Waals surface area contributed by atoms with Gasteiger partial charge in [0.05, 0.1) is 23.2 Å². The molecule has 2 atom stereocenters. The highest BCUT2D eigenvalue weighted by Gasteiger charge is 2.25. The molecule has 46 heavy (non-hydrogen) atoms. The van der Waals surface area contributed by atoms with Crippen LogP contribution >= 0.6 is 0 Å². The van der Waals surface area contributed by atoms with Crippen molar-refractivity contribution in [1.29, 1.82) is 0 Å². The largest absolute Gasteiger partial charge is 0.478 e. The Kier molecular flexibility index (Phi) is 15.9. The number of esters is 1. The fourth-order valence-electron chi connectivity index (χ4n) is 5.29. The zero-order valence-electron chi connectivity index (χ0n) is 27.6. The molecule has 2 aliphatic heterocycles. The minimum absolute atomic E-state index is 0.104. The zero-order chi connectivity index (χ0) is 34.1. The predicted octanol–water partition coefficient (Wildman–Crippen LogP) is 7.57. The number of carboxylic acids is 1. The van der Waals surface area contributed by atoms with Crippen molar-refractivity contribution in [2.24, 2.45) is 5.92 Å². The van der Waals surface area contributed by atoms with Gasteiger partial charge in [0.2, 0.25) is 0 Å². The van der Waals surface area contributed by atoms with Crippen molar-refractivity contribution >= 4 is 17.6 Å². The number of nitrogens with one attached hydrogen (secondary N) is 1. The second kappa shape index (κ2) is 19.6. The Morgan fingerprint density at radius 1 is 1.11 bits per heavy atom. The van der Waals surface area contributed by atoms with Gasteiger partial charge >= 0.3 is 11.9 Å². The highest BCUT2D eigenvalue weighted by Crippen LogP contribution is 2.30. The second-order valence-corrected chi connectivity index (χ2v) is 11.2. The van der Waals surface area contributed by atoms with Gasteiger partial charge in [0.1, 0.15) is 0 Å². The van der Waals surface area contributed by atoms with Gasteiger partial charge < -0.3 is 20.1 Å². The number of methoxy groups -OCH3 is 1. The molecular formula is C37H47N3O6. The molecule has 0 aliphatic carbocycles. The summed E-state index contributed by atoms with van der Waals surface area (Å²) in [5.74, 6) is -0.224. The number of carbonyl (C=O) groups is 2. The summed E-state index contributed by atoms with van der Waals surface area (Å²) in [6.45, 7) is 15.5. The van der Waals surface area contributed by atoms with Crippen LogP contribution in [0.15, 0.2) is 120 Å². The Bertz CT molecular complexity index is 1440. The third-order valence-corrected chi connectivity index (χ3v) is 7.85. The van der Waals surface area contributed by atoms with E-state index in [-0.39, 0.29) is 17.7 Å². The number of dihydropyridines is 1. The minimum atomic E-state index is -1.02. The number of hydrogen-bond acceptors (Lipinski definition) is 7. The molecule has 9 nitrogen and oxygen atoms in total. The van der Waals surface area contributed by atoms with E-state index in [1.165, 1.54) is 56.4 Å². The maximum absolute atomic E-state index is 11.3. The lowest BCUT2D eigenvalue weighted by Crippen LogP contribution is -2.25. The van der Waals surface area contributed by atoms with E-state index in [0.29, 0.717) is 22.9 Å². The molecule has 2 aromatic rings. The van der Waals surface area contributed by atoms with Crippen LogP contribution in [0.2, 0.25) is 0 Å². The molecular weight excluding hydrogens is 582 g/mol. The predicted molar refractivity (Wildman–Crippen MR) is 183 cm³/mol. The van der Waals surface area contributed by atoms with Gasteiger partial charge in [-0.2, -0.15) is 0 Å².